The van der Waals surface area contributed by atoms with Crippen LogP contribution in [0.25, 0.3) is 0 Å². The van der Waals surface area contributed by atoms with Gasteiger partial charge in [-0.25, -0.2) is 4.79 Å². The molecule has 0 spiro atoms. The number of carboxylic acid groups (broad SMARTS) is 1. The number of amides is 2. The third-order valence-corrected chi connectivity index (χ3v) is 3.88. The molecule has 0 fully saturated rings. The lowest BCUT2D eigenvalue weighted by atomic mass is 9.92. The van der Waals surface area contributed by atoms with Crippen LogP contribution in [-0.2, 0) is 4.79 Å². The number of para-hydroxylation sites is 1. The summed E-state index contributed by atoms with van der Waals surface area (Å²) < 4.78 is 0. The van der Waals surface area contributed by atoms with E-state index in [1.165, 1.54) is 7.05 Å². The maximum absolute atomic E-state index is 12.4. The van der Waals surface area contributed by atoms with Gasteiger partial charge in [0.2, 0.25) is 5.91 Å². The van der Waals surface area contributed by atoms with Gasteiger partial charge in [-0.05, 0) is 29.9 Å². The normalized spacial score (nSPS) is 12.4. The quantitative estimate of drug-likeness (QED) is 0.867. The minimum Gasteiger partial charge on any atom is -0.465 e. The van der Waals surface area contributed by atoms with Gasteiger partial charge >= 0.3 is 6.09 Å². The number of nitrogens with zero attached hydrogens (tertiary/aromatic N) is 1. The zero-order chi connectivity index (χ0) is 17.0. The van der Waals surface area contributed by atoms with E-state index in [2.05, 4.69) is 33.0 Å². The summed E-state index contributed by atoms with van der Waals surface area (Å²) in [6, 6.07) is 5.24. The van der Waals surface area contributed by atoms with Gasteiger partial charge in [0.05, 0.1) is 0 Å². The molecule has 0 aliphatic heterocycles. The second-order valence-corrected chi connectivity index (χ2v) is 6.18. The van der Waals surface area contributed by atoms with E-state index in [1.54, 1.807) is 6.92 Å². The Labute approximate surface area is 132 Å². The van der Waals surface area contributed by atoms with Crippen LogP contribution in [0.15, 0.2) is 18.2 Å². The van der Waals surface area contributed by atoms with Crippen molar-refractivity contribution in [2.45, 2.75) is 52.5 Å². The highest BCUT2D eigenvalue weighted by Gasteiger charge is 2.24. The van der Waals surface area contributed by atoms with Gasteiger partial charge in [-0.15, -0.1) is 0 Å². The number of carbonyl (C=O) groups is 2. The van der Waals surface area contributed by atoms with E-state index in [-0.39, 0.29) is 17.7 Å². The lowest BCUT2D eigenvalue weighted by Gasteiger charge is -2.24. The number of benzene rings is 1. The molecule has 122 valence electrons. The third-order valence-electron chi connectivity index (χ3n) is 3.88. The Morgan fingerprint density at radius 2 is 1.50 bits per heavy atom. The molecule has 0 aliphatic carbocycles. The number of rotatable bonds is 5. The van der Waals surface area contributed by atoms with Crippen molar-refractivity contribution >= 4 is 17.7 Å². The molecule has 0 aliphatic rings. The lowest BCUT2D eigenvalue weighted by Crippen LogP contribution is -2.42. The monoisotopic (exact) mass is 306 g/mol. The molecule has 0 aromatic heterocycles. The van der Waals surface area contributed by atoms with Gasteiger partial charge in [-0.3, -0.25) is 9.69 Å². The third kappa shape index (κ3) is 4.00. The van der Waals surface area contributed by atoms with Crippen molar-refractivity contribution in [3.05, 3.63) is 29.3 Å². The highest BCUT2D eigenvalue weighted by molar-refractivity contribution is 5.97. The highest BCUT2D eigenvalue weighted by Crippen LogP contribution is 2.32. The SMILES string of the molecule is CC(C)c1cccc(C(C)C)c1NC(=O)[C@H](C)N(C)C(=O)O. The summed E-state index contributed by atoms with van der Waals surface area (Å²) >= 11 is 0. The molecule has 0 heterocycles. The van der Waals surface area contributed by atoms with Gasteiger partial charge in [-0.1, -0.05) is 45.9 Å². The van der Waals surface area contributed by atoms with E-state index < -0.39 is 12.1 Å². The largest absolute Gasteiger partial charge is 0.465 e. The van der Waals surface area contributed by atoms with Gasteiger partial charge in [0, 0.05) is 12.7 Å². The van der Waals surface area contributed by atoms with Crippen LogP contribution < -0.4 is 5.32 Å². The number of nitrogens with one attached hydrogen (secondary N) is 1. The molecule has 1 atom stereocenters. The number of likely N-dealkylation sites (N-methyl/N-ethyl adjacent to an activating group) is 1. The molecule has 0 bridgehead atoms. The summed E-state index contributed by atoms with van der Waals surface area (Å²) in [5, 5.41) is 11.9. The van der Waals surface area contributed by atoms with E-state index in [0.717, 1.165) is 21.7 Å². The number of carbonyl (C=O) groups excluding carboxylic acids is 1. The summed E-state index contributed by atoms with van der Waals surface area (Å²) in [7, 11) is 1.39. The predicted octanol–water partition coefficient (Wildman–Crippen LogP) is 3.87. The fourth-order valence-corrected chi connectivity index (χ4v) is 2.26. The predicted molar refractivity (Wildman–Crippen MR) is 88.5 cm³/mol. The molecular weight excluding hydrogens is 280 g/mol. The molecular formula is C17H26N2O3. The molecule has 0 saturated heterocycles. The second-order valence-electron chi connectivity index (χ2n) is 6.18. The molecule has 2 amide bonds. The first-order valence-corrected chi connectivity index (χ1v) is 7.56. The number of anilines is 1. The molecule has 0 saturated carbocycles. The summed E-state index contributed by atoms with van der Waals surface area (Å²) in [5.74, 6) is 0.211. The Balaban J connectivity index is 3.15. The summed E-state index contributed by atoms with van der Waals surface area (Å²) in [5.41, 5.74) is 2.93. The van der Waals surface area contributed by atoms with Crippen molar-refractivity contribution < 1.29 is 14.7 Å². The topological polar surface area (TPSA) is 69.6 Å². The Kier molecular flexibility index (Phi) is 5.97. The van der Waals surface area contributed by atoms with Crippen LogP contribution in [0, 0.1) is 0 Å². The molecule has 22 heavy (non-hydrogen) atoms. The van der Waals surface area contributed by atoms with Gasteiger partial charge in [-0.2, -0.15) is 0 Å². The van der Waals surface area contributed by atoms with Crippen LogP contribution in [0.2, 0.25) is 0 Å². The number of hydrogen-bond acceptors (Lipinski definition) is 2. The minimum absolute atomic E-state index is 0.265. The van der Waals surface area contributed by atoms with Crippen LogP contribution in [0.5, 0.6) is 0 Å². The molecule has 1 aromatic rings. The average molecular weight is 306 g/mol. The average Bonchev–Trinajstić information content (AvgIpc) is 2.44. The van der Waals surface area contributed by atoms with Crippen molar-refractivity contribution in [1.82, 2.24) is 4.90 Å². The Hall–Kier alpha value is -2.04. The lowest BCUT2D eigenvalue weighted by molar-refractivity contribution is -0.119. The fourth-order valence-electron chi connectivity index (χ4n) is 2.26. The van der Waals surface area contributed by atoms with Gasteiger partial charge in [0.1, 0.15) is 6.04 Å². The first-order chi connectivity index (χ1) is 10.2. The summed E-state index contributed by atoms with van der Waals surface area (Å²) in [6.07, 6.45) is -1.12. The van der Waals surface area contributed by atoms with E-state index in [4.69, 9.17) is 5.11 Å². The van der Waals surface area contributed by atoms with Gasteiger partial charge in [0.25, 0.3) is 0 Å². The van der Waals surface area contributed by atoms with Crippen LogP contribution in [-0.4, -0.2) is 35.1 Å². The first-order valence-electron chi connectivity index (χ1n) is 7.56. The van der Waals surface area contributed by atoms with Crippen LogP contribution in [0.3, 0.4) is 0 Å². The molecule has 0 radical (unpaired) electrons. The van der Waals surface area contributed by atoms with Gasteiger partial charge < -0.3 is 10.4 Å². The molecule has 5 heteroatoms. The van der Waals surface area contributed by atoms with Crippen LogP contribution in [0.1, 0.15) is 57.6 Å². The zero-order valence-electron chi connectivity index (χ0n) is 14.2. The van der Waals surface area contributed by atoms with Crippen LogP contribution in [0.4, 0.5) is 10.5 Å². The van der Waals surface area contributed by atoms with Crippen molar-refractivity contribution in [3.63, 3.8) is 0 Å². The van der Waals surface area contributed by atoms with E-state index in [0.29, 0.717) is 0 Å². The maximum atomic E-state index is 12.4. The van der Waals surface area contributed by atoms with Crippen molar-refractivity contribution in [2.24, 2.45) is 0 Å². The zero-order valence-corrected chi connectivity index (χ0v) is 14.2. The van der Waals surface area contributed by atoms with E-state index in [9.17, 15) is 9.59 Å². The molecule has 1 aromatic carbocycles. The van der Waals surface area contributed by atoms with Crippen LogP contribution >= 0.6 is 0 Å². The van der Waals surface area contributed by atoms with Gasteiger partial charge in [0.15, 0.2) is 0 Å². The molecule has 5 nitrogen and oxygen atoms in total. The molecule has 1 rings (SSSR count). The standard InChI is InChI=1S/C17H26N2O3/c1-10(2)13-8-7-9-14(11(3)4)15(13)18-16(20)12(5)19(6)17(21)22/h7-12H,1-6H3,(H,18,20)(H,21,22)/t12-/m0/s1. The Morgan fingerprint density at radius 1 is 1.05 bits per heavy atom. The van der Waals surface area contributed by atoms with E-state index >= 15 is 0 Å². The Bertz CT molecular complexity index is 527. The molecule has 2 N–H and O–H groups in total. The fraction of sp³-hybridized carbons (Fsp3) is 0.529. The maximum Gasteiger partial charge on any atom is 0.407 e. The van der Waals surface area contributed by atoms with Crippen molar-refractivity contribution in [1.29, 1.82) is 0 Å². The van der Waals surface area contributed by atoms with Crippen molar-refractivity contribution in [2.75, 3.05) is 12.4 Å². The first kappa shape index (κ1) is 18.0. The second kappa shape index (κ2) is 7.29. The summed E-state index contributed by atoms with van der Waals surface area (Å²) in [6.45, 7) is 9.87. The summed E-state index contributed by atoms with van der Waals surface area (Å²) in [4.78, 5) is 24.4. The number of hydrogen-bond donors (Lipinski definition) is 2. The molecule has 0 unspecified atom stereocenters. The highest BCUT2D eigenvalue weighted by atomic mass is 16.4. The minimum atomic E-state index is -1.12. The Morgan fingerprint density at radius 3 is 1.86 bits per heavy atom. The van der Waals surface area contributed by atoms with E-state index in [1.807, 2.05) is 18.2 Å². The van der Waals surface area contributed by atoms with Crippen molar-refractivity contribution in [3.8, 4) is 0 Å². The smallest absolute Gasteiger partial charge is 0.407 e.